The predicted molar refractivity (Wildman–Crippen MR) is 60.3 cm³/mol. The van der Waals surface area contributed by atoms with E-state index in [1.807, 2.05) is 0 Å². The molecule has 0 amide bonds. The molecular weight excluding hydrogens is 224 g/mol. The molecule has 3 heteroatoms. The number of hydrogen-bond acceptors (Lipinski definition) is 2. The Kier molecular flexibility index (Phi) is 1.55. The molecule has 0 aromatic rings. The van der Waals surface area contributed by atoms with Crippen LogP contribution in [0.3, 0.4) is 0 Å². The van der Waals surface area contributed by atoms with Crippen molar-refractivity contribution < 1.29 is 9.53 Å². The smallest absolute Gasteiger partial charge is 0.155 e. The van der Waals surface area contributed by atoms with E-state index in [9.17, 15) is 4.79 Å². The highest BCUT2D eigenvalue weighted by molar-refractivity contribution is 6.21. The maximum Gasteiger partial charge on any atom is 0.155 e. The second-order valence-electron chi connectivity index (χ2n) is 6.17. The van der Waals surface area contributed by atoms with Crippen molar-refractivity contribution in [3.8, 4) is 0 Å². The third-order valence-electron chi connectivity index (χ3n) is 5.33. The maximum absolute atomic E-state index is 11.6. The molecule has 5 aliphatic rings. The van der Waals surface area contributed by atoms with Crippen LogP contribution in [0.1, 0.15) is 26.2 Å². The zero-order chi connectivity index (χ0) is 11.1. The molecule has 3 aliphatic carbocycles. The Morgan fingerprint density at radius 1 is 1.50 bits per heavy atom. The molecule has 5 rings (SSSR count). The van der Waals surface area contributed by atoms with E-state index in [0.717, 1.165) is 12.8 Å². The van der Waals surface area contributed by atoms with Gasteiger partial charge < -0.3 is 4.74 Å². The summed E-state index contributed by atoms with van der Waals surface area (Å²) in [4.78, 5) is 11.6. The number of ether oxygens (including phenoxy) is 1. The lowest BCUT2D eigenvalue weighted by atomic mass is 9.62. The molecule has 2 saturated carbocycles. The van der Waals surface area contributed by atoms with Gasteiger partial charge in [0.2, 0.25) is 0 Å². The van der Waals surface area contributed by atoms with Crippen LogP contribution in [-0.4, -0.2) is 22.9 Å². The highest BCUT2D eigenvalue weighted by Gasteiger charge is 2.70. The lowest BCUT2D eigenvalue weighted by Crippen LogP contribution is -2.49. The molecule has 0 radical (unpaired) electrons. The minimum absolute atomic E-state index is 0.0295. The van der Waals surface area contributed by atoms with Crippen molar-refractivity contribution in [3.05, 3.63) is 12.2 Å². The first-order chi connectivity index (χ1) is 7.54. The van der Waals surface area contributed by atoms with Gasteiger partial charge in [0, 0.05) is 18.3 Å². The average Bonchev–Trinajstić information content (AvgIpc) is 2.57. The Morgan fingerprint density at radius 3 is 3.06 bits per heavy atom. The number of hydrogen-bond donors (Lipinski definition) is 0. The number of allylic oxidation sites excluding steroid dienone is 2. The van der Waals surface area contributed by atoms with Gasteiger partial charge in [-0.1, -0.05) is 6.08 Å². The Hall–Kier alpha value is -0.340. The van der Waals surface area contributed by atoms with E-state index in [1.165, 1.54) is 0 Å². The molecule has 2 saturated heterocycles. The van der Waals surface area contributed by atoms with Crippen LogP contribution in [0.5, 0.6) is 0 Å². The zero-order valence-corrected chi connectivity index (χ0v) is 10.0. The van der Waals surface area contributed by atoms with Gasteiger partial charge in [0.25, 0.3) is 0 Å². The lowest BCUT2D eigenvalue weighted by Gasteiger charge is -2.48. The topological polar surface area (TPSA) is 26.3 Å². The molecule has 6 atom stereocenters. The minimum Gasteiger partial charge on any atom is -0.370 e. The molecule has 86 valence electrons. The first kappa shape index (κ1) is 9.67. The molecule has 2 nitrogen and oxygen atoms in total. The number of carbonyl (C=O) groups is 1. The molecule has 16 heavy (non-hydrogen) atoms. The van der Waals surface area contributed by atoms with Crippen LogP contribution < -0.4 is 0 Å². The van der Waals surface area contributed by atoms with Crippen molar-refractivity contribution in [2.24, 2.45) is 17.3 Å². The quantitative estimate of drug-likeness (QED) is 0.606. The summed E-state index contributed by atoms with van der Waals surface area (Å²) in [6, 6.07) is 0. The van der Waals surface area contributed by atoms with Gasteiger partial charge in [-0.3, -0.25) is 4.79 Å². The van der Waals surface area contributed by atoms with E-state index in [0.29, 0.717) is 18.3 Å². The van der Waals surface area contributed by atoms with Gasteiger partial charge in [0.1, 0.15) is 0 Å². The van der Waals surface area contributed by atoms with Gasteiger partial charge in [-0.25, -0.2) is 0 Å². The minimum atomic E-state index is -0.0295. The number of alkyl halides is 1. The van der Waals surface area contributed by atoms with E-state index in [4.69, 9.17) is 16.3 Å². The molecular formula is C13H15ClO2. The fraction of sp³-hybridized carbons (Fsp3) is 0.769. The molecule has 0 aromatic carbocycles. The Morgan fingerprint density at radius 2 is 2.31 bits per heavy atom. The second-order valence-corrected chi connectivity index (χ2v) is 6.67. The van der Waals surface area contributed by atoms with Crippen LogP contribution in [0, 0.1) is 17.3 Å². The van der Waals surface area contributed by atoms with Gasteiger partial charge in [0.15, 0.2) is 5.78 Å². The number of halogens is 1. The lowest BCUT2D eigenvalue weighted by molar-refractivity contribution is -0.136. The molecule has 0 aromatic heterocycles. The zero-order valence-electron chi connectivity index (χ0n) is 9.28. The number of rotatable bonds is 0. The first-order valence-electron chi connectivity index (χ1n) is 6.08. The van der Waals surface area contributed by atoms with Crippen molar-refractivity contribution >= 4 is 17.4 Å². The SMILES string of the molecule is CC12CC34C=CC(=O)CC3C(O1)[C@@H](Cl)C2C4. The largest absolute Gasteiger partial charge is 0.370 e. The molecule has 4 bridgehead atoms. The number of ketones is 1. The monoisotopic (exact) mass is 238 g/mol. The van der Waals surface area contributed by atoms with Crippen molar-refractivity contribution in [3.63, 3.8) is 0 Å². The van der Waals surface area contributed by atoms with E-state index in [2.05, 4.69) is 13.0 Å². The summed E-state index contributed by atoms with van der Waals surface area (Å²) in [5.41, 5.74) is 0.194. The normalized spacial score (nSPS) is 61.8. The van der Waals surface area contributed by atoms with Crippen molar-refractivity contribution in [1.82, 2.24) is 0 Å². The first-order valence-corrected chi connectivity index (χ1v) is 6.52. The van der Waals surface area contributed by atoms with Crippen LogP contribution in [-0.2, 0) is 9.53 Å². The predicted octanol–water partition coefficient (Wildman–Crippen LogP) is 2.31. The van der Waals surface area contributed by atoms with Crippen LogP contribution in [0.25, 0.3) is 0 Å². The summed E-state index contributed by atoms with van der Waals surface area (Å²) in [5, 5.41) is 0.116. The van der Waals surface area contributed by atoms with Crippen molar-refractivity contribution in [2.45, 2.75) is 43.3 Å². The Labute approximate surface area is 100.0 Å². The summed E-state index contributed by atoms with van der Waals surface area (Å²) in [5.74, 6) is 1.05. The number of carbonyl (C=O) groups excluding carboxylic acids is 1. The molecule has 2 heterocycles. The molecule has 0 N–H and O–H groups in total. The highest BCUT2D eigenvalue weighted by Crippen LogP contribution is 2.69. The highest BCUT2D eigenvalue weighted by atomic mass is 35.5. The van der Waals surface area contributed by atoms with Gasteiger partial charge in [0.05, 0.1) is 17.1 Å². The molecule has 1 spiro atoms. The van der Waals surface area contributed by atoms with E-state index in [1.54, 1.807) is 6.08 Å². The van der Waals surface area contributed by atoms with Gasteiger partial charge >= 0.3 is 0 Å². The van der Waals surface area contributed by atoms with Crippen molar-refractivity contribution in [2.75, 3.05) is 0 Å². The average molecular weight is 239 g/mol. The standard InChI is InChI=1S/C13H15ClO2/c1-12-6-13-3-2-7(15)4-8(13)11(16-12)10(14)9(12)5-13/h2-3,8-11H,4-6H2,1H3/t8?,9?,10-,11?,12?,13?/m0/s1. The third kappa shape index (κ3) is 0.888. The van der Waals surface area contributed by atoms with E-state index < -0.39 is 0 Å². The van der Waals surface area contributed by atoms with Crippen molar-refractivity contribution in [1.29, 1.82) is 0 Å². The summed E-state index contributed by atoms with van der Waals surface area (Å²) in [6.45, 7) is 2.20. The second kappa shape index (κ2) is 2.56. The third-order valence-corrected chi connectivity index (χ3v) is 5.88. The van der Waals surface area contributed by atoms with Crippen LogP contribution in [0.15, 0.2) is 12.2 Å². The van der Waals surface area contributed by atoms with Gasteiger partial charge in [-0.2, -0.15) is 0 Å². The van der Waals surface area contributed by atoms with E-state index >= 15 is 0 Å². The summed E-state index contributed by atoms with van der Waals surface area (Å²) in [6.07, 6.45) is 6.86. The van der Waals surface area contributed by atoms with Gasteiger partial charge in [-0.05, 0) is 31.3 Å². The van der Waals surface area contributed by atoms with Crippen LogP contribution >= 0.6 is 11.6 Å². The van der Waals surface area contributed by atoms with Gasteiger partial charge in [-0.15, -0.1) is 11.6 Å². The summed E-state index contributed by atoms with van der Waals surface area (Å²) in [7, 11) is 0. The molecule has 5 unspecified atom stereocenters. The molecule has 4 fully saturated rings. The Balaban J connectivity index is 1.87. The Bertz CT molecular complexity index is 418. The van der Waals surface area contributed by atoms with Crippen LogP contribution in [0.4, 0.5) is 0 Å². The fourth-order valence-corrected chi connectivity index (χ4v) is 5.28. The summed E-state index contributed by atoms with van der Waals surface area (Å²) < 4.78 is 6.15. The van der Waals surface area contributed by atoms with E-state index in [-0.39, 0.29) is 28.3 Å². The molecule has 2 aliphatic heterocycles. The van der Waals surface area contributed by atoms with Crippen LogP contribution in [0.2, 0.25) is 0 Å². The maximum atomic E-state index is 11.6. The summed E-state index contributed by atoms with van der Waals surface area (Å²) >= 11 is 6.50. The fourth-order valence-electron chi connectivity index (χ4n) is 4.69.